The number of thioether (sulfide) groups is 1. The molecule has 0 spiro atoms. The molecule has 0 saturated carbocycles. The summed E-state index contributed by atoms with van der Waals surface area (Å²) in [5.74, 6) is 0.231. The Morgan fingerprint density at radius 2 is 2.00 bits per heavy atom. The normalized spacial score (nSPS) is 12.0. The number of nitrogens with one attached hydrogen (secondary N) is 1. The van der Waals surface area contributed by atoms with E-state index in [4.69, 9.17) is 23.2 Å². The van der Waals surface area contributed by atoms with Gasteiger partial charge in [-0.25, -0.2) is 4.98 Å². The van der Waals surface area contributed by atoms with Crippen LogP contribution in [-0.2, 0) is 4.79 Å². The lowest BCUT2D eigenvalue weighted by atomic mass is 10.0. The van der Waals surface area contributed by atoms with Crippen molar-refractivity contribution in [3.63, 3.8) is 0 Å². The molecule has 1 N–H and O–H groups in total. The van der Waals surface area contributed by atoms with Gasteiger partial charge in [0.05, 0.1) is 16.8 Å². The van der Waals surface area contributed by atoms with Crippen LogP contribution in [0, 0.1) is 0 Å². The van der Waals surface area contributed by atoms with Crippen molar-refractivity contribution in [3.05, 3.63) is 58.2 Å². The second kappa shape index (κ2) is 8.42. The minimum Gasteiger partial charge on any atom is -0.349 e. The smallest absolute Gasteiger partial charge is 0.230 e. The first-order chi connectivity index (χ1) is 10.6. The topological polar surface area (TPSA) is 42.0 Å². The van der Waals surface area contributed by atoms with E-state index in [1.165, 1.54) is 11.8 Å². The molecule has 0 unspecified atom stereocenters. The first-order valence-electron chi connectivity index (χ1n) is 6.88. The average molecular weight is 355 g/mol. The zero-order chi connectivity index (χ0) is 15.9. The Balaban J connectivity index is 1.92. The highest BCUT2D eigenvalue weighted by Crippen LogP contribution is 2.24. The fraction of sp³-hybridized carbons (Fsp3) is 0.250. The van der Waals surface area contributed by atoms with Crippen molar-refractivity contribution < 1.29 is 4.79 Å². The summed E-state index contributed by atoms with van der Waals surface area (Å²) in [7, 11) is 0. The number of amides is 1. The Labute approximate surface area is 144 Å². The molecule has 0 bridgehead atoms. The molecule has 6 heteroatoms. The fourth-order valence-electron chi connectivity index (χ4n) is 1.96. The summed E-state index contributed by atoms with van der Waals surface area (Å²) >= 11 is 13.2. The maximum Gasteiger partial charge on any atom is 0.230 e. The fourth-order valence-corrected chi connectivity index (χ4v) is 3.07. The highest BCUT2D eigenvalue weighted by atomic mass is 35.5. The van der Waals surface area contributed by atoms with Gasteiger partial charge in [0.15, 0.2) is 0 Å². The quantitative estimate of drug-likeness (QED) is 0.761. The third-order valence-electron chi connectivity index (χ3n) is 3.08. The lowest BCUT2D eigenvalue weighted by molar-refractivity contribution is -0.119. The van der Waals surface area contributed by atoms with Gasteiger partial charge in [0, 0.05) is 11.2 Å². The first-order valence-corrected chi connectivity index (χ1v) is 8.62. The number of benzene rings is 1. The van der Waals surface area contributed by atoms with Crippen LogP contribution in [0.3, 0.4) is 0 Å². The summed E-state index contributed by atoms with van der Waals surface area (Å²) in [6, 6.07) is 11.0. The molecule has 0 aliphatic rings. The maximum atomic E-state index is 12.1. The molecule has 1 heterocycles. The number of halogens is 2. The van der Waals surface area contributed by atoms with Gasteiger partial charge in [0.25, 0.3) is 0 Å². The maximum absolute atomic E-state index is 12.1. The molecular weight excluding hydrogens is 339 g/mol. The highest BCUT2D eigenvalue weighted by molar-refractivity contribution is 8.00. The van der Waals surface area contributed by atoms with E-state index >= 15 is 0 Å². The number of nitrogens with zero attached hydrogens (tertiary/aromatic N) is 1. The Kier molecular flexibility index (Phi) is 6.55. The number of hydrogen-bond donors (Lipinski definition) is 1. The van der Waals surface area contributed by atoms with Gasteiger partial charge in [-0.2, -0.15) is 0 Å². The molecule has 0 fully saturated rings. The molecular formula is C16H16Cl2N2OS. The lowest BCUT2D eigenvalue weighted by Crippen LogP contribution is -2.29. The van der Waals surface area contributed by atoms with Gasteiger partial charge in [-0.3, -0.25) is 4.79 Å². The molecule has 0 radical (unpaired) electrons. The molecule has 1 aromatic heterocycles. The van der Waals surface area contributed by atoms with E-state index in [0.717, 1.165) is 12.0 Å². The number of rotatable bonds is 6. The van der Waals surface area contributed by atoms with Gasteiger partial charge in [-0.05, 0) is 36.2 Å². The van der Waals surface area contributed by atoms with Gasteiger partial charge >= 0.3 is 0 Å². The third kappa shape index (κ3) is 4.90. The van der Waals surface area contributed by atoms with Crippen molar-refractivity contribution in [1.82, 2.24) is 10.3 Å². The minimum atomic E-state index is -0.0477. The summed E-state index contributed by atoms with van der Waals surface area (Å²) in [4.78, 5) is 16.3. The zero-order valence-corrected chi connectivity index (χ0v) is 14.4. The van der Waals surface area contributed by atoms with Gasteiger partial charge in [0.2, 0.25) is 5.91 Å². The third-order valence-corrected chi connectivity index (χ3v) is 4.75. The molecule has 0 saturated heterocycles. The van der Waals surface area contributed by atoms with Crippen LogP contribution in [0.25, 0.3) is 0 Å². The standard InChI is InChI=1S/C16H16Cl2N2OS/c1-2-14(11-5-7-12(17)8-6-11)20-15(21)10-22-16-13(18)4-3-9-19-16/h3-9,14H,2,10H2,1H3,(H,20,21)/t14-/m0/s1. The molecule has 2 rings (SSSR count). The predicted octanol–water partition coefficient (Wildman–Crippen LogP) is 4.75. The van der Waals surface area contributed by atoms with Crippen LogP contribution in [0.1, 0.15) is 24.9 Å². The van der Waals surface area contributed by atoms with E-state index in [-0.39, 0.29) is 17.7 Å². The van der Waals surface area contributed by atoms with Crippen molar-refractivity contribution in [2.45, 2.75) is 24.4 Å². The molecule has 1 amide bonds. The van der Waals surface area contributed by atoms with Crippen molar-refractivity contribution in [2.75, 3.05) is 5.75 Å². The van der Waals surface area contributed by atoms with Crippen molar-refractivity contribution in [1.29, 1.82) is 0 Å². The molecule has 22 heavy (non-hydrogen) atoms. The lowest BCUT2D eigenvalue weighted by Gasteiger charge is -2.17. The summed E-state index contributed by atoms with van der Waals surface area (Å²) in [5, 5.41) is 4.93. The van der Waals surface area contributed by atoms with Crippen LogP contribution in [0.4, 0.5) is 0 Å². The SMILES string of the molecule is CC[C@H](NC(=O)CSc1ncccc1Cl)c1ccc(Cl)cc1. The van der Waals surface area contributed by atoms with Gasteiger partial charge in [-0.15, -0.1) is 0 Å². The Morgan fingerprint density at radius 1 is 1.27 bits per heavy atom. The Morgan fingerprint density at radius 3 is 2.64 bits per heavy atom. The molecule has 1 aromatic carbocycles. The monoisotopic (exact) mass is 354 g/mol. The van der Waals surface area contributed by atoms with E-state index in [1.54, 1.807) is 18.3 Å². The van der Waals surface area contributed by atoms with Crippen LogP contribution in [-0.4, -0.2) is 16.6 Å². The molecule has 116 valence electrons. The number of pyridine rings is 1. The number of aromatic nitrogens is 1. The first kappa shape index (κ1) is 17.1. The number of carbonyl (C=O) groups is 1. The van der Waals surface area contributed by atoms with Crippen molar-refractivity contribution >= 4 is 40.9 Å². The van der Waals surface area contributed by atoms with E-state index in [1.807, 2.05) is 31.2 Å². The molecule has 0 aliphatic heterocycles. The molecule has 0 aliphatic carbocycles. The van der Waals surface area contributed by atoms with Gasteiger partial charge in [-0.1, -0.05) is 54.0 Å². The van der Waals surface area contributed by atoms with Crippen LogP contribution < -0.4 is 5.32 Å². The Hall–Kier alpha value is -1.23. The molecule has 1 atom stereocenters. The second-order valence-corrected chi connectivity index (χ2v) is 6.47. The predicted molar refractivity (Wildman–Crippen MR) is 92.6 cm³/mol. The van der Waals surface area contributed by atoms with E-state index in [0.29, 0.717) is 15.1 Å². The largest absolute Gasteiger partial charge is 0.349 e. The summed E-state index contributed by atoms with van der Waals surface area (Å²) in [6.07, 6.45) is 2.47. The van der Waals surface area contributed by atoms with Crippen molar-refractivity contribution in [2.24, 2.45) is 0 Å². The Bertz CT molecular complexity index is 634. The van der Waals surface area contributed by atoms with Crippen LogP contribution in [0.2, 0.25) is 10.0 Å². The summed E-state index contributed by atoms with van der Waals surface area (Å²) in [6.45, 7) is 2.03. The van der Waals surface area contributed by atoms with Gasteiger partial charge < -0.3 is 5.32 Å². The van der Waals surface area contributed by atoms with E-state index in [9.17, 15) is 4.79 Å². The molecule has 3 nitrogen and oxygen atoms in total. The minimum absolute atomic E-state index is 0.0235. The number of carbonyl (C=O) groups excluding carboxylic acids is 1. The number of hydrogen-bond acceptors (Lipinski definition) is 3. The van der Waals surface area contributed by atoms with Crippen LogP contribution in [0.15, 0.2) is 47.6 Å². The average Bonchev–Trinajstić information content (AvgIpc) is 2.53. The zero-order valence-electron chi connectivity index (χ0n) is 12.1. The van der Waals surface area contributed by atoms with E-state index < -0.39 is 0 Å². The van der Waals surface area contributed by atoms with Crippen LogP contribution >= 0.6 is 35.0 Å². The summed E-state index contributed by atoms with van der Waals surface area (Å²) in [5.41, 5.74) is 1.04. The summed E-state index contributed by atoms with van der Waals surface area (Å²) < 4.78 is 0. The van der Waals surface area contributed by atoms with Gasteiger partial charge in [0.1, 0.15) is 5.03 Å². The second-order valence-electron chi connectivity index (χ2n) is 4.66. The van der Waals surface area contributed by atoms with Crippen LogP contribution in [0.5, 0.6) is 0 Å². The van der Waals surface area contributed by atoms with Crippen molar-refractivity contribution in [3.8, 4) is 0 Å². The van der Waals surface area contributed by atoms with E-state index in [2.05, 4.69) is 10.3 Å². The highest BCUT2D eigenvalue weighted by Gasteiger charge is 2.13. The molecule has 2 aromatic rings.